The molecule has 0 aliphatic heterocycles. The predicted molar refractivity (Wildman–Crippen MR) is 69.0 cm³/mol. The van der Waals surface area contributed by atoms with E-state index in [-0.39, 0.29) is 11.9 Å². The van der Waals surface area contributed by atoms with Crippen LogP contribution in [-0.2, 0) is 0 Å². The van der Waals surface area contributed by atoms with Crippen molar-refractivity contribution in [1.29, 1.82) is 0 Å². The van der Waals surface area contributed by atoms with Crippen LogP contribution < -0.4 is 5.32 Å². The average Bonchev–Trinajstić information content (AvgIpc) is 2.55. The first-order valence-corrected chi connectivity index (χ1v) is 6.85. The highest BCUT2D eigenvalue weighted by atomic mass is 79.9. The van der Waals surface area contributed by atoms with Crippen molar-refractivity contribution < 1.29 is 4.79 Å². The van der Waals surface area contributed by atoms with Crippen LogP contribution >= 0.6 is 38.9 Å². The maximum absolute atomic E-state index is 11.8. The van der Waals surface area contributed by atoms with Gasteiger partial charge in [-0.25, -0.2) is 0 Å². The Bertz CT molecular complexity index is 330. The van der Waals surface area contributed by atoms with E-state index in [1.165, 1.54) is 11.3 Å². The molecule has 0 fully saturated rings. The molecule has 84 valence electrons. The number of nitrogens with one attached hydrogen (secondary N) is 1. The molecule has 1 N–H and O–H groups in total. The van der Waals surface area contributed by atoms with E-state index in [2.05, 4.69) is 21.2 Å². The van der Waals surface area contributed by atoms with E-state index in [0.29, 0.717) is 5.88 Å². The number of alkyl halides is 1. The van der Waals surface area contributed by atoms with Crippen molar-refractivity contribution in [2.24, 2.45) is 0 Å². The summed E-state index contributed by atoms with van der Waals surface area (Å²) in [5.41, 5.74) is 1.09. The molecule has 1 atom stereocenters. The molecule has 2 nitrogen and oxygen atoms in total. The van der Waals surface area contributed by atoms with Crippen molar-refractivity contribution in [2.45, 2.75) is 26.3 Å². The number of aryl methyl sites for hydroxylation is 1. The molecule has 0 saturated carbocycles. The van der Waals surface area contributed by atoms with Crippen molar-refractivity contribution in [1.82, 2.24) is 5.32 Å². The Labute approximate surface area is 107 Å². The Kier molecular flexibility index (Phi) is 5.09. The molecule has 1 aromatic rings. The van der Waals surface area contributed by atoms with Crippen molar-refractivity contribution in [2.75, 3.05) is 5.88 Å². The summed E-state index contributed by atoms with van der Waals surface area (Å²) in [6, 6.07) is 1.94. The molecule has 1 unspecified atom stereocenters. The maximum atomic E-state index is 11.8. The number of hydrogen-bond donors (Lipinski definition) is 1. The van der Waals surface area contributed by atoms with Crippen LogP contribution in [0.15, 0.2) is 9.85 Å². The summed E-state index contributed by atoms with van der Waals surface area (Å²) in [6.07, 6.45) is 0.848. The summed E-state index contributed by atoms with van der Waals surface area (Å²) >= 11 is 10.6. The van der Waals surface area contributed by atoms with Gasteiger partial charge in [-0.15, -0.1) is 22.9 Å². The summed E-state index contributed by atoms with van der Waals surface area (Å²) < 4.78 is 1.01. The molecule has 0 spiro atoms. The number of carbonyl (C=O) groups excluding carboxylic acids is 1. The molecule has 1 aromatic heterocycles. The molecule has 0 aliphatic rings. The molecule has 0 saturated heterocycles. The fourth-order valence-corrected chi connectivity index (χ4v) is 2.81. The third-order valence-corrected chi connectivity index (χ3v) is 4.60. The number of thiophene rings is 1. The molecule has 5 heteroatoms. The van der Waals surface area contributed by atoms with E-state index in [1.54, 1.807) is 0 Å². The summed E-state index contributed by atoms with van der Waals surface area (Å²) in [4.78, 5) is 12.5. The molecule has 15 heavy (non-hydrogen) atoms. The molecule has 1 heterocycles. The number of rotatable bonds is 4. The van der Waals surface area contributed by atoms with Gasteiger partial charge in [0.25, 0.3) is 5.91 Å². The second kappa shape index (κ2) is 5.87. The minimum Gasteiger partial charge on any atom is -0.347 e. The van der Waals surface area contributed by atoms with Gasteiger partial charge in [0.2, 0.25) is 0 Å². The van der Waals surface area contributed by atoms with Crippen LogP contribution in [0.25, 0.3) is 0 Å². The standard InChI is InChI=1S/C10H13BrClNOS/c1-3-7(5-12)13-10(14)8-4-6(2)9(11)15-8/h4,7H,3,5H2,1-2H3,(H,13,14). The lowest BCUT2D eigenvalue weighted by Crippen LogP contribution is -2.35. The van der Waals surface area contributed by atoms with Gasteiger partial charge < -0.3 is 5.32 Å². The van der Waals surface area contributed by atoms with E-state index in [9.17, 15) is 4.79 Å². The number of halogens is 2. The van der Waals surface area contributed by atoms with E-state index in [0.717, 1.165) is 20.6 Å². The van der Waals surface area contributed by atoms with Gasteiger partial charge in [0.05, 0.1) is 8.66 Å². The first-order valence-electron chi connectivity index (χ1n) is 4.71. The molecule has 0 aliphatic carbocycles. The van der Waals surface area contributed by atoms with Gasteiger partial charge in [-0.3, -0.25) is 4.79 Å². The molecular formula is C10H13BrClNOS. The van der Waals surface area contributed by atoms with Gasteiger partial charge >= 0.3 is 0 Å². The minimum atomic E-state index is -0.0405. The van der Waals surface area contributed by atoms with Gasteiger partial charge in [0.1, 0.15) is 0 Å². The van der Waals surface area contributed by atoms with Crippen molar-refractivity contribution in [3.05, 3.63) is 20.3 Å². The van der Waals surface area contributed by atoms with Crippen LogP contribution in [0.4, 0.5) is 0 Å². The second-order valence-corrected chi connectivity index (χ2v) is 5.98. The van der Waals surface area contributed by atoms with Crippen LogP contribution in [-0.4, -0.2) is 17.8 Å². The van der Waals surface area contributed by atoms with Gasteiger partial charge in [-0.2, -0.15) is 0 Å². The lowest BCUT2D eigenvalue weighted by atomic mass is 10.2. The van der Waals surface area contributed by atoms with E-state index in [1.807, 2.05) is 19.9 Å². The van der Waals surface area contributed by atoms with Gasteiger partial charge in [0, 0.05) is 11.9 Å². The summed E-state index contributed by atoms with van der Waals surface area (Å²) in [5.74, 6) is 0.412. The maximum Gasteiger partial charge on any atom is 0.261 e. The molecule has 0 bridgehead atoms. The Morgan fingerprint density at radius 1 is 1.73 bits per heavy atom. The minimum absolute atomic E-state index is 0.0405. The largest absolute Gasteiger partial charge is 0.347 e. The average molecular weight is 311 g/mol. The SMILES string of the molecule is CCC(CCl)NC(=O)c1cc(C)c(Br)s1. The Morgan fingerprint density at radius 3 is 2.80 bits per heavy atom. The number of hydrogen-bond acceptors (Lipinski definition) is 2. The fourth-order valence-electron chi connectivity index (χ4n) is 1.08. The normalized spacial score (nSPS) is 12.5. The van der Waals surface area contributed by atoms with Gasteiger partial charge in [-0.05, 0) is 40.9 Å². The second-order valence-electron chi connectivity index (χ2n) is 3.30. The van der Waals surface area contributed by atoms with Gasteiger partial charge in [-0.1, -0.05) is 6.92 Å². The van der Waals surface area contributed by atoms with Crippen LogP contribution in [0.5, 0.6) is 0 Å². The Morgan fingerprint density at radius 2 is 2.40 bits per heavy atom. The monoisotopic (exact) mass is 309 g/mol. The van der Waals surface area contributed by atoms with E-state index >= 15 is 0 Å². The first kappa shape index (κ1) is 13.0. The van der Waals surface area contributed by atoms with E-state index < -0.39 is 0 Å². The smallest absolute Gasteiger partial charge is 0.261 e. The van der Waals surface area contributed by atoms with Crippen molar-refractivity contribution in [3.63, 3.8) is 0 Å². The zero-order valence-corrected chi connectivity index (χ0v) is 11.8. The van der Waals surface area contributed by atoms with Crippen LogP contribution in [0, 0.1) is 6.92 Å². The number of carbonyl (C=O) groups is 1. The molecule has 0 radical (unpaired) electrons. The van der Waals surface area contributed by atoms with Crippen LogP contribution in [0.1, 0.15) is 28.6 Å². The highest BCUT2D eigenvalue weighted by molar-refractivity contribution is 9.11. The summed E-state index contributed by atoms with van der Waals surface area (Å²) in [5, 5.41) is 2.89. The first-order chi connectivity index (χ1) is 7.08. The third-order valence-electron chi connectivity index (χ3n) is 2.10. The Hall–Kier alpha value is -0.0600. The molecular weight excluding hydrogens is 298 g/mol. The molecule has 0 aromatic carbocycles. The lowest BCUT2D eigenvalue weighted by Gasteiger charge is -2.12. The van der Waals surface area contributed by atoms with Crippen molar-refractivity contribution in [3.8, 4) is 0 Å². The lowest BCUT2D eigenvalue weighted by molar-refractivity contribution is 0.0944. The molecule has 1 amide bonds. The van der Waals surface area contributed by atoms with Crippen LogP contribution in [0.3, 0.4) is 0 Å². The van der Waals surface area contributed by atoms with Crippen molar-refractivity contribution >= 4 is 44.8 Å². The van der Waals surface area contributed by atoms with E-state index in [4.69, 9.17) is 11.6 Å². The highest BCUT2D eigenvalue weighted by Gasteiger charge is 2.14. The summed E-state index contributed by atoms with van der Waals surface area (Å²) in [6.45, 7) is 3.97. The zero-order chi connectivity index (χ0) is 11.4. The fraction of sp³-hybridized carbons (Fsp3) is 0.500. The highest BCUT2D eigenvalue weighted by Crippen LogP contribution is 2.27. The van der Waals surface area contributed by atoms with Gasteiger partial charge in [0.15, 0.2) is 0 Å². The molecule has 1 rings (SSSR count). The van der Waals surface area contributed by atoms with Crippen LogP contribution in [0.2, 0.25) is 0 Å². The summed E-state index contributed by atoms with van der Waals surface area (Å²) in [7, 11) is 0. The quantitative estimate of drug-likeness (QED) is 0.846. The number of amides is 1. The zero-order valence-electron chi connectivity index (χ0n) is 8.64. The predicted octanol–water partition coefficient (Wildman–Crippen LogP) is 3.57. The third kappa shape index (κ3) is 3.47. The topological polar surface area (TPSA) is 29.1 Å². The Balaban J connectivity index is 2.68.